The molecule has 0 radical (unpaired) electrons. The molecule has 3 aromatic rings. The largest absolute Gasteiger partial charge is 0.434 e. The molecule has 6 nitrogen and oxygen atoms in total. The minimum Gasteiger partial charge on any atom is -0.434 e. The molecule has 0 unspecified atom stereocenters. The van der Waals surface area contributed by atoms with E-state index in [1.54, 1.807) is 18.2 Å². The van der Waals surface area contributed by atoms with Crippen LogP contribution >= 0.6 is 11.3 Å². The highest BCUT2D eigenvalue weighted by Gasteiger charge is 2.19. The van der Waals surface area contributed by atoms with Crippen molar-refractivity contribution in [2.24, 2.45) is 0 Å². The predicted octanol–water partition coefficient (Wildman–Crippen LogP) is 3.54. The predicted molar refractivity (Wildman–Crippen MR) is 132 cm³/mol. The molecular formula is C26H25F2N3O3S. The zero-order chi connectivity index (χ0) is 25.5. The Morgan fingerprint density at radius 3 is 2.51 bits per heavy atom. The summed E-state index contributed by atoms with van der Waals surface area (Å²) >= 11 is 0.952. The Labute approximate surface area is 205 Å². The van der Waals surface area contributed by atoms with Crippen molar-refractivity contribution in [2.45, 2.75) is 40.2 Å². The van der Waals surface area contributed by atoms with Crippen LogP contribution in [0.25, 0.3) is 17.3 Å². The van der Waals surface area contributed by atoms with E-state index in [1.165, 1.54) is 16.7 Å². The van der Waals surface area contributed by atoms with Gasteiger partial charge in [-0.15, -0.1) is 11.3 Å². The number of aryl methyl sites for hydroxylation is 2. The monoisotopic (exact) mass is 497 g/mol. The Morgan fingerprint density at radius 1 is 1.20 bits per heavy atom. The number of hydrogen-bond acceptors (Lipinski definition) is 5. The second kappa shape index (κ2) is 11.6. The van der Waals surface area contributed by atoms with Crippen molar-refractivity contribution in [3.63, 3.8) is 0 Å². The first kappa shape index (κ1) is 25.8. The molecule has 0 atom stereocenters. The molecule has 0 aliphatic carbocycles. The number of para-hydroxylation sites is 2. The van der Waals surface area contributed by atoms with Gasteiger partial charge in [-0.1, -0.05) is 49.7 Å². The molecule has 9 heteroatoms. The van der Waals surface area contributed by atoms with Gasteiger partial charge in [-0.05, 0) is 43.5 Å². The summed E-state index contributed by atoms with van der Waals surface area (Å²) in [6.07, 6.45) is 3.05. The van der Waals surface area contributed by atoms with E-state index in [0.29, 0.717) is 12.2 Å². The first-order valence-electron chi connectivity index (χ1n) is 11.0. The maximum Gasteiger partial charge on any atom is 0.387 e. The van der Waals surface area contributed by atoms with Gasteiger partial charge in [-0.25, -0.2) is 0 Å². The summed E-state index contributed by atoms with van der Waals surface area (Å²) in [6.45, 7) is 3.02. The summed E-state index contributed by atoms with van der Waals surface area (Å²) in [7, 11) is 0. The molecule has 0 saturated heterocycles. The van der Waals surface area contributed by atoms with Crippen LogP contribution in [0.3, 0.4) is 0 Å². The van der Waals surface area contributed by atoms with Gasteiger partial charge in [-0.2, -0.15) is 14.0 Å². The molecule has 0 aliphatic heterocycles. The lowest BCUT2D eigenvalue weighted by molar-refractivity contribution is -0.115. The van der Waals surface area contributed by atoms with E-state index in [9.17, 15) is 23.6 Å². The second-order valence-corrected chi connectivity index (χ2v) is 8.84. The molecule has 1 N–H and O–H groups in total. The van der Waals surface area contributed by atoms with E-state index in [-0.39, 0.29) is 26.1 Å². The van der Waals surface area contributed by atoms with Crippen LogP contribution in [-0.4, -0.2) is 23.6 Å². The van der Waals surface area contributed by atoms with Gasteiger partial charge in [0.2, 0.25) is 0 Å². The van der Waals surface area contributed by atoms with Gasteiger partial charge >= 0.3 is 6.61 Å². The average molecular weight is 498 g/mol. The van der Waals surface area contributed by atoms with Crippen LogP contribution in [0.1, 0.15) is 36.5 Å². The number of ether oxygens (including phenoxy) is 1. The van der Waals surface area contributed by atoms with Crippen molar-refractivity contribution < 1.29 is 18.3 Å². The van der Waals surface area contributed by atoms with Crippen LogP contribution in [0.5, 0.6) is 5.75 Å². The minimum absolute atomic E-state index is 0.0859. The molecule has 3 rings (SSSR count). The summed E-state index contributed by atoms with van der Waals surface area (Å²) in [5.74, 6) is -0.660. The summed E-state index contributed by atoms with van der Waals surface area (Å²) < 4.78 is 32.0. The van der Waals surface area contributed by atoms with Gasteiger partial charge in [0.15, 0.2) is 5.57 Å². The molecule has 0 aliphatic rings. The zero-order valence-electron chi connectivity index (χ0n) is 19.6. The zero-order valence-corrected chi connectivity index (χ0v) is 20.4. The topological polar surface area (TPSA) is 84.1 Å². The van der Waals surface area contributed by atoms with Crippen molar-refractivity contribution in [2.75, 3.05) is 6.54 Å². The highest BCUT2D eigenvalue weighted by Crippen LogP contribution is 2.21. The van der Waals surface area contributed by atoms with Crippen molar-refractivity contribution in [3.8, 4) is 17.5 Å². The van der Waals surface area contributed by atoms with E-state index in [4.69, 9.17) is 0 Å². The van der Waals surface area contributed by atoms with Crippen LogP contribution in [-0.2, 0) is 4.79 Å². The number of unbranched alkanes of at least 4 members (excludes halogenated alkanes) is 1. The Hall–Kier alpha value is -3.77. The van der Waals surface area contributed by atoms with Crippen LogP contribution < -0.4 is 24.8 Å². The molecule has 0 fully saturated rings. The molecule has 0 spiro atoms. The van der Waals surface area contributed by atoms with E-state index < -0.39 is 18.1 Å². The standard InChI is InChI=1S/C26H25F2N3O3S/c1-4-5-13-30-23(32)19(15-29)25-31(22-16(2)9-8-10-17(22)3)24(33)21(35-25)14-18-11-6-7-12-20(18)34-26(27)28/h6-12,14,26H,4-5,13H2,1-3H3,(H,30,32)/b21-14+,25-19-. The molecule has 1 aromatic heterocycles. The Kier molecular flexibility index (Phi) is 8.55. The summed E-state index contributed by atoms with van der Waals surface area (Å²) in [5, 5.41) is 12.6. The number of thiazole rings is 1. The number of carbonyl (C=O) groups is 1. The molecule has 0 bridgehead atoms. The molecule has 0 saturated carbocycles. The van der Waals surface area contributed by atoms with E-state index in [0.717, 1.165) is 35.3 Å². The van der Waals surface area contributed by atoms with Gasteiger partial charge in [0.05, 0.1) is 10.2 Å². The van der Waals surface area contributed by atoms with Crippen molar-refractivity contribution >= 4 is 28.9 Å². The number of alkyl halides is 2. The lowest BCUT2D eigenvalue weighted by Crippen LogP contribution is -2.34. The molecule has 182 valence electrons. The van der Waals surface area contributed by atoms with Crippen LogP contribution in [0.2, 0.25) is 0 Å². The Balaban J connectivity index is 2.37. The van der Waals surface area contributed by atoms with Crippen LogP contribution in [0, 0.1) is 25.2 Å². The lowest BCUT2D eigenvalue weighted by Gasteiger charge is -2.11. The van der Waals surface area contributed by atoms with Gasteiger partial charge < -0.3 is 10.1 Å². The van der Waals surface area contributed by atoms with Crippen molar-refractivity contribution in [1.82, 2.24) is 9.88 Å². The van der Waals surface area contributed by atoms with Crippen molar-refractivity contribution in [3.05, 3.63) is 78.7 Å². The normalized spacial score (nSPS) is 12.4. The van der Waals surface area contributed by atoms with Gasteiger partial charge in [0, 0.05) is 12.1 Å². The average Bonchev–Trinajstić information content (AvgIpc) is 3.11. The number of aromatic nitrogens is 1. The Bertz CT molecular complexity index is 1430. The quantitative estimate of drug-likeness (QED) is 0.483. The fourth-order valence-corrected chi connectivity index (χ4v) is 4.70. The highest BCUT2D eigenvalue weighted by atomic mass is 32.1. The molecule has 1 amide bonds. The Morgan fingerprint density at radius 2 is 1.89 bits per heavy atom. The fraction of sp³-hybridized carbons (Fsp3) is 0.269. The smallest absolute Gasteiger partial charge is 0.387 e. The summed E-state index contributed by atoms with van der Waals surface area (Å²) in [5.41, 5.74) is 1.74. The molecule has 2 aromatic carbocycles. The van der Waals surface area contributed by atoms with Gasteiger partial charge in [-0.3, -0.25) is 14.2 Å². The number of nitriles is 1. The maximum absolute atomic E-state index is 13.6. The van der Waals surface area contributed by atoms with E-state index in [1.807, 2.05) is 45.0 Å². The first-order valence-corrected chi connectivity index (χ1v) is 11.9. The number of carbonyl (C=O) groups excluding carboxylic acids is 1. The maximum atomic E-state index is 13.6. The van der Waals surface area contributed by atoms with E-state index in [2.05, 4.69) is 10.1 Å². The molecule has 1 heterocycles. The second-order valence-electron chi connectivity index (χ2n) is 7.81. The third kappa shape index (κ3) is 5.84. The number of amides is 1. The first-order chi connectivity index (χ1) is 16.8. The van der Waals surface area contributed by atoms with Crippen molar-refractivity contribution in [1.29, 1.82) is 5.26 Å². The number of halogens is 2. The minimum atomic E-state index is -3.03. The fourth-order valence-electron chi connectivity index (χ4n) is 3.62. The number of hydrogen-bond donors (Lipinski definition) is 1. The SMILES string of the molecule is CCCCNC(=O)/C(C#N)=c1\s/c(=C/c2ccccc2OC(F)F)c(=O)n1-c1c(C)cccc1C. The lowest BCUT2D eigenvalue weighted by atomic mass is 10.1. The number of nitrogens with zero attached hydrogens (tertiary/aromatic N) is 2. The summed E-state index contributed by atoms with van der Waals surface area (Å²) in [6, 6.07) is 13.6. The number of benzene rings is 2. The van der Waals surface area contributed by atoms with Gasteiger partial charge in [0.25, 0.3) is 11.5 Å². The van der Waals surface area contributed by atoms with Gasteiger partial charge in [0.1, 0.15) is 16.5 Å². The number of rotatable bonds is 8. The van der Waals surface area contributed by atoms with E-state index >= 15 is 0 Å². The van der Waals surface area contributed by atoms with Crippen LogP contribution in [0.15, 0.2) is 47.3 Å². The molecule has 35 heavy (non-hydrogen) atoms. The third-order valence-electron chi connectivity index (χ3n) is 5.28. The molecular weight excluding hydrogens is 472 g/mol. The number of nitrogens with one attached hydrogen (secondary N) is 1. The highest BCUT2D eigenvalue weighted by molar-refractivity contribution is 7.07. The summed E-state index contributed by atoms with van der Waals surface area (Å²) in [4.78, 5) is 26.5. The third-order valence-corrected chi connectivity index (χ3v) is 6.37. The van der Waals surface area contributed by atoms with Crippen LogP contribution in [0.4, 0.5) is 8.78 Å².